The first kappa shape index (κ1) is 12.7. The summed E-state index contributed by atoms with van der Waals surface area (Å²) in [7, 11) is 0. The summed E-state index contributed by atoms with van der Waals surface area (Å²) in [6, 6.07) is 0. The zero-order chi connectivity index (χ0) is 13.4. The molecule has 2 saturated carbocycles. The molecule has 0 nitrogen and oxygen atoms in total. The largest absolute Gasteiger partial charge is 0.0808 e. The van der Waals surface area contributed by atoms with Gasteiger partial charge in [-0.05, 0) is 74.0 Å². The number of allylic oxidation sites excluding steroid dienone is 8. The lowest BCUT2D eigenvalue weighted by Gasteiger charge is -2.26. The van der Waals surface area contributed by atoms with Crippen LogP contribution in [0.2, 0.25) is 0 Å². The molecule has 0 unspecified atom stereocenters. The van der Waals surface area contributed by atoms with E-state index >= 15 is 0 Å². The topological polar surface area (TPSA) is 0 Å². The molecule has 0 aromatic carbocycles. The lowest BCUT2D eigenvalue weighted by atomic mass is 9.79. The molecule has 0 aliphatic heterocycles. The van der Waals surface area contributed by atoms with Gasteiger partial charge in [-0.3, -0.25) is 0 Å². The molecule has 0 spiro atoms. The van der Waals surface area contributed by atoms with Crippen molar-refractivity contribution < 1.29 is 0 Å². The second-order valence-electron chi connectivity index (χ2n) is 7.27. The lowest BCUT2D eigenvalue weighted by Crippen LogP contribution is -2.17. The van der Waals surface area contributed by atoms with Crippen LogP contribution in [0, 0.1) is 35.5 Å². The standard InChI is InChI=1S/C20H26/c1-3-7-19-15(5-1)9-11-17(19)13-14-18-12-10-16-6-2-4-8-20(16)18/h1-8,15-20H,9-14H2/t15-,16+,17-,18+,19-,20-/m1/s1. The first-order valence-corrected chi connectivity index (χ1v) is 8.62. The minimum Gasteiger partial charge on any atom is -0.0808 e. The van der Waals surface area contributed by atoms with E-state index in [0.717, 1.165) is 35.5 Å². The van der Waals surface area contributed by atoms with E-state index in [1.54, 1.807) is 0 Å². The van der Waals surface area contributed by atoms with E-state index in [4.69, 9.17) is 0 Å². The van der Waals surface area contributed by atoms with Gasteiger partial charge in [0.05, 0.1) is 0 Å². The van der Waals surface area contributed by atoms with Crippen molar-refractivity contribution in [3.05, 3.63) is 48.6 Å². The molecule has 0 bridgehead atoms. The van der Waals surface area contributed by atoms with Gasteiger partial charge < -0.3 is 0 Å². The van der Waals surface area contributed by atoms with Gasteiger partial charge in [0.15, 0.2) is 0 Å². The Labute approximate surface area is 123 Å². The average Bonchev–Trinajstić information content (AvgIpc) is 3.09. The lowest BCUT2D eigenvalue weighted by molar-refractivity contribution is 0.316. The molecule has 2 fully saturated rings. The van der Waals surface area contributed by atoms with Gasteiger partial charge in [-0.2, -0.15) is 0 Å². The summed E-state index contributed by atoms with van der Waals surface area (Å²) in [6.07, 6.45) is 27.6. The molecule has 0 radical (unpaired) electrons. The van der Waals surface area contributed by atoms with Crippen LogP contribution in [0.15, 0.2) is 48.6 Å². The summed E-state index contributed by atoms with van der Waals surface area (Å²) < 4.78 is 0. The van der Waals surface area contributed by atoms with Crippen LogP contribution in [-0.2, 0) is 0 Å². The van der Waals surface area contributed by atoms with Gasteiger partial charge in [-0.25, -0.2) is 0 Å². The molecule has 0 aromatic heterocycles. The molecule has 4 aliphatic carbocycles. The molecule has 0 amide bonds. The Balaban J connectivity index is 1.35. The van der Waals surface area contributed by atoms with Gasteiger partial charge in [-0.1, -0.05) is 48.6 Å². The molecule has 4 aliphatic rings. The van der Waals surface area contributed by atoms with Gasteiger partial charge in [0.25, 0.3) is 0 Å². The van der Waals surface area contributed by atoms with Crippen LogP contribution < -0.4 is 0 Å². The second kappa shape index (κ2) is 5.39. The van der Waals surface area contributed by atoms with Crippen LogP contribution in [0.3, 0.4) is 0 Å². The monoisotopic (exact) mass is 266 g/mol. The number of hydrogen-bond donors (Lipinski definition) is 0. The van der Waals surface area contributed by atoms with Crippen LogP contribution in [-0.4, -0.2) is 0 Å². The van der Waals surface area contributed by atoms with Crippen LogP contribution in [0.1, 0.15) is 38.5 Å². The van der Waals surface area contributed by atoms with E-state index in [0.29, 0.717) is 0 Å². The van der Waals surface area contributed by atoms with Gasteiger partial charge in [-0.15, -0.1) is 0 Å². The molecule has 20 heavy (non-hydrogen) atoms. The van der Waals surface area contributed by atoms with E-state index in [2.05, 4.69) is 48.6 Å². The van der Waals surface area contributed by atoms with E-state index in [1.807, 2.05) is 0 Å². The Morgan fingerprint density at radius 1 is 0.550 bits per heavy atom. The molecule has 4 rings (SSSR count). The summed E-state index contributed by atoms with van der Waals surface area (Å²) in [5.74, 6) is 5.36. The van der Waals surface area contributed by atoms with Crippen molar-refractivity contribution in [2.24, 2.45) is 35.5 Å². The smallest absolute Gasteiger partial charge is 0.0139 e. The Morgan fingerprint density at radius 3 is 1.50 bits per heavy atom. The van der Waals surface area contributed by atoms with E-state index in [-0.39, 0.29) is 0 Å². The van der Waals surface area contributed by atoms with Crippen molar-refractivity contribution in [2.45, 2.75) is 38.5 Å². The fourth-order valence-corrected chi connectivity index (χ4v) is 5.23. The average molecular weight is 266 g/mol. The predicted molar refractivity (Wildman–Crippen MR) is 85.2 cm³/mol. The maximum Gasteiger partial charge on any atom is -0.0139 e. The Kier molecular flexibility index (Phi) is 3.42. The number of hydrogen-bond acceptors (Lipinski definition) is 0. The van der Waals surface area contributed by atoms with Crippen molar-refractivity contribution >= 4 is 0 Å². The number of fused-ring (bicyclic) bond motifs is 2. The summed E-state index contributed by atoms with van der Waals surface area (Å²) in [5, 5.41) is 0. The zero-order valence-electron chi connectivity index (χ0n) is 12.3. The molecule has 0 N–H and O–H groups in total. The highest BCUT2D eigenvalue weighted by molar-refractivity contribution is 5.18. The van der Waals surface area contributed by atoms with Crippen molar-refractivity contribution in [1.82, 2.24) is 0 Å². The normalized spacial score (nSPS) is 44.8. The van der Waals surface area contributed by atoms with Crippen LogP contribution in [0.25, 0.3) is 0 Å². The molecule has 0 aromatic rings. The third-order valence-corrected chi connectivity index (χ3v) is 6.33. The maximum absolute atomic E-state index is 2.49. The van der Waals surface area contributed by atoms with E-state index in [1.165, 1.54) is 38.5 Å². The summed E-state index contributed by atoms with van der Waals surface area (Å²) in [6.45, 7) is 0. The second-order valence-corrected chi connectivity index (χ2v) is 7.27. The summed E-state index contributed by atoms with van der Waals surface area (Å²) in [5.41, 5.74) is 0. The predicted octanol–water partition coefficient (Wildman–Crippen LogP) is 5.30. The van der Waals surface area contributed by atoms with Gasteiger partial charge in [0, 0.05) is 0 Å². The van der Waals surface area contributed by atoms with E-state index < -0.39 is 0 Å². The third kappa shape index (κ3) is 2.24. The maximum atomic E-state index is 2.49. The van der Waals surface area contributed by atoms with Gasteiger partial charge in [0.2, 0.25) is 0 Å². The number of rotatable bonds is 3. The van der Waals surface area contributed by atoms with E-state index in [9.17, 15) is 0 Å². The van der Waals surface area contributed by atoms with Crippen LogP contribution in [0.5, 0.6) is 0 Å². The molecule has 0 heterocycles. The first-order chi connectivity index (χ1) is 9.92. The van der Waals surface area contributed by atoms with Crippen molar-refractivity contribution in [2.75, 3.05) is 0 Å². The van der Waals surface area contributed by atoms with Crippen molar-refractivity contribution in [3.8, 4) is 0 Å². The molecule has 106 valence electrons. The Bertz CT molecular complexity index is 420. The minimum absolute atomic E-state index is 0.860. The molecule has 6 atom stereocenters. The fourth-order valence-electron chi connectivity index (χ4n) is 5.23. The molecule has 0 heteroatoms. The fraction of sp³-hybridized carbons (Fsp3) is 0.600. The van der Waals surface area contributed by atoms with Crippen molar-refractivity contribution in [3.63, 3.8) is 0 Å². The zero-order valence-corrected chi connectivity index (χ0v) is 12.3. The molecular weight excluding hydrogens is 240 g/mol. The molecule has 0 saturated heterocycles. The van der Waals surface area contributed by atoms with Gasteiger partial charge >= 0.3 is 0 Å². The quantitative estimate of drug-likeness (QED) is 0.650. The first-order valence-electron chi connectivity index (χ1n) is 8.62. The molecular formula is C20H26. The van der Waals surface area contributed by atoms with Gasteiger partial charge in [0.1, 0.15) is 0 Å². The Morgan fingerprint density at radius 2 is 1.00 bits per heavy atom. The summed E-state index contributed by atoms with van der Waals surface area (Å²) in [4.78, 5) is 0. The highest BCUT2D eigenvalue weighted by Gasteiger charge is 2.37. The Hall–Kier alpha value is -1.04. The van der Waals surface area contributed by atoms with Crippen LogP contribution >= 0.6 is 0 Å². The minimum atomic E-state index is 0.860. The SMILES string of the molecule is C1=C[C@H]2[C@@H](CC[C@@H]3CC[C@@H]4C=CC=C[C@@H]34)CC[C@H]2C=C1. The highest BCUT2D eigenvalue weighted by Crippen LogP contribution is 2.47. The highest BCUT2D eigenvalue weighted by atomic mass is 14.4. The van der Waals surface area contributed by atoms with Crippen LogP contribution in [0.4, 0.5) is 0 Å². The van der Waals surface area contributed by atoms with Crippen molar-refractivity contribution in [1.29, 1.82) is 0 Å². The third-order valence-electron chi connectivity index (χ3n) is 6.33. The summed E-state index contributed by atoms with van der Waals surface area (Å²) >= 11 is 0.